The zero-order valence-corrected chi connectivity index (χ0v) is 7.08. The molecule has 3 heteroatoms. The van der Waals surface area contributed by atoms with E-state index in [0.717, 1.165) is 25.9 Å². The van der Waals surface area contributed by atoms with Gasteiger partial charge in [0.15, 0.2) is 0 Å². The van der Waals surface area contributed by atoms with Crippen LogP contribution in [0.25, 0.3) is 0 Å². The van der Waals surface area contributed by atoms with Crippen LogP contribution < -0.4 is 0 Å². The van der Waals surface area contributed by atoms with Gasteiger partial charge in [-0.2, -0.15) is 0 Å². The summed E-state index contributed by atoms with van der Waals surface area (Å²) < 4.78 is 0. The molecule has 3 nitrogen and oxygen atoms in total. The van der Waals surface area contributed by atoms with E-state index >= 15 is 0 Å². The summed E-state index contributed by atoms with van der Waals surface area (Å²) in [7, 11) is 0. The molecule has 1 fully saturated rings. The molecule has 1 aliphatic rings. The highest BCUT2D eigenvalue weighted by molar-refractivity contribution is 5.58. The summed E-state index contributed by atoms with van der Waals surface area (Å²) in [5, 5.41) is 8.96. The Labute approximate surface area is 67.0 Å². The van der Waals surface area contributed by atoms with E-state index in [9.17, 15) is 4.79 Å². The maximum Gasteiger partial charge on any atom is 0.126 e. The van der Waals surface area contributed by atoms with E-state index in [0.29, 0.717) is 0 Å². The first-order valence-electron chi connectivity index (χ1n) is 3.90. The van der Waals surface area contributed by atoms with Crippen molar-refractivity contribution in [2.75, 3.05) is 19.6 Å². The van der Waals surface area contributed by atoms with Crippen LogP contribution in [0.5, 0.6) is 0 Å². The number of carbonyl (C=O) groups excluding carboxylic acids is 1. The molecule has 1 saturated heterocycles. The molecule has 0 amide bonds. The second-order valence-corrected chi connectivity index (χ2v) is 3.95. The molecule has 0 saturated carbocycles. The van der Waals surface area contributed by atoms with Gasteiger partial charge in [-0.3, -0.25) is 4.90 Å². The number of rotatable bonds is 3. The minimum absolute atomic E-state index is 0.169. The third-order valence-corrected chi connectivity index (χ3v) is 1.89. The fourth-order valence-corrected chi connectivity index (χ4v) is 1.29. The maximum absolute atomic E-state index is 10.5. The molecule has 0 spiro atoms. The van der Waals surface area contributed by atoms with Crippen LogP contribution in [0.15, 0.2) is 0 Å². The van der Waals surface area contributed by atoms with Gasteiger partial charge >= 0.3 is 0 Å². The molecular weight excluding hydrogens is 142 g/mol. The van der Waals surface area contributed by atoms with Crippen molar-refractivity contribution in [3.05, 3.63) is 0 Å². The Hall–Kier alpha value is -0.410. The van der Waals surface area contributed by atoms with Gasteiger partial charge < -0.3 is 9.90 Å². The van der Waals surface area contributed by atoms with E-state index in [1.165, 1.54) is 0 Å². The molecule has 0 unspecified atom stereocenters. The number of aldehydes is 1. The molecule has 64 valence electrons. The highest BCUT2D eigenvalue weighted by Crippen LogP contribution is 2.17. The highest BCUT2D eigenvalue weighted by atomic mass is 16.3. The zero-order valence-electron chi connectivity index (χ0n) is 7.08. The van der Waals surface area contributed by atoms with Crippen LogP contribution in [0.3, 0.4) is 0 Å². The van der Waals surface area contributed by atoms with Crippen molar-refractivity contribution in [2.45, 2.75) is 20.0 Å². The molecule has 1 aliphatic heterocycles. The van der Waals surface area contributed by atoms with E-state index in [2.05, 4.69) is 4.90 Å². The molecule has 0 atom stereocenters. The standard InChI is InChI=1S/C8H15NO2/c1-8(2,6-10)5-9-3-7(11)4-9/h6-7,11H,3-5H2,1-2H3. The largest absolute Gasteiger partial charge is 0.390 e. The Balaban J connectivity index is 2.26. The van der Waals surface area contributed by atoms with E-state index < -0.39 is 0 Å². The lowest BCUT2D eigenvalue weighted by Gasteiger charge is -2.39. The fraction of sp³-hybridized carbons (Fsp3) is 0.875. The topological polar surface area (TPSA) is 40.5 Å². The number of carbonyl (C=O) groups is 1. The molecule has 0 aromatic heterocycles. The van der Waals surface area contributed by atoms with Crippen LogP contribution in [-0.4, -0.2) is 42.0 Å². The van der Waals surface area contributed by atoms with E-state index in [4.69, 9.17) is 5.11 Å². The van der Waals surface area contributed by atoms with Crippen molar-refractivity contribution in [1.82, 2.24) is 4.90 Å². The molecule has 0 aromatic rings. The van der Waals surface area contributed by atoms with Crippen molar-refractivity contribution in [1.29, 1.82) is 0 Å². The van der Waals surface area contributed by atoms with Gasteiger partial charge in [0.1, 0.15) is 6.29 Å². The summed E-state index contributed by atoms with van der Waals surface area (Å²) in [4.78, 5) is 12.6. The summed E-state index contributed by atoms with van der Waals surface area (Å²) in [6.45, 7) is 6.01. The van der Waals surface area contributed by atoms with E-state index in [1.54, 1.807) is 0 Å². The fourth-order valence-electron chi connectivity index (χ4n) is 1.29. The molecule has 1 N–H and O–H groups in total. The molecule has 0 aromatic carbocycles. The second kappa shape index (κ2) is 2.91. The van der Waals surface area contributed by atoms with E-state index in [-0.39, 0.29) is 11.5 Å². The average Bonchev–Trinajstić information content (AvgIpc) is 1.84. The number of hydrogen-bond donors (Lipinski definition) is 1. The van der Waals surface area contributed by atoms with Crippen LogP contribution in [-0.2, 0) is 4.79 Å². The number of likely N-dealkylation sites (tertiary alicyclic amines) is 1. The number of nitrogens with zero attached hydrogens (tertiary/aromatic N) is 1. The number of aliphatic hydroxyl groups is 1. The predicted molar refractivity (Wildman–Crippen MR) is 42.3 cm³/mol. The van der Waals surface area contributed by atoms with Crippen molar-refractivity contribution in [3.8, 4) is 0 Å². The van der Waals surface area contributed by atoms with Crippen LogP contribution in [0.2, 0.25) is 0 Å². The van der Waals surface area contributed by atoms with Crippen molar-refractivity contribution >= 4 is 6.29 Å². The summed E-state index contributed by atoms with van der Waals surface area (Å²) >= 11 is 0. The molecule has 11 heavy (non-hydrogen) atoms. The Morgan fingerprint density at radius 1 is 1.64 bits per heavy atom. The van der Waals surface area contributed by atoms with Crippen LogP contribution in [0.4, 0.5) is 0 Å². The van der Waals surface area contributed by atoms with Gasteiger partial charge in [0, 0.05) is 25.0 Å². The highest BCUT2D eigenvalue weighted by Gasteiger charge is 2.29. The lowest BCUT2D eigenvalue weighted by Crippen LogP contribution is -2.53. The zero-order chi connectivity index (χ0) is 8.48. The lowest BCUT2D eigenvalue weighted by atomic mass is 9.93. The Bertz CT molecular complexity index is 150. The Morgan fingerprint density at radius 2 is 2.18 bits per heavy atom. The van der Waals surface area contributed by atoms with Gasteiger partial charge in [-0.05, 0) is 0 Å². The summed E-state index contributed by atoms with van der Waals surface area (Å²) in [6, 6.07) is 0. The van der Waals surface area contributed by atoms with E-state index in [1.807, 2.05) is 13.8 Å². The Morgan fingerprint density at radius 3 is 2.55 bits per heavy atom. The third kappa shape index (κ3) is 2.27. The molecule has 0 aliphatic carbocycles. The van der Waals surface area contributed by atoms with Gasteiger partial charge in [-0.1, -0.05) is 13.8 Å². The molecule has 1 rings (SSSR count). The number of β-amino-alcohol motifs (C(OH)–C–C–N with tert-alkyl or cyclic N) is 1. The SMILES string of the molecule is CC(C)(C=O)CN1CC(O)C1. The van der Waals surface area contributed by atoms with Crippen LogP contribution in [0, 0.1) is 5.41 Å². The second-order valence-electron chi connectivity index (χ2n) is 3.95. The van der Waals surface area contributed by atoms with Crippen molar-refractivity contribution < 1.29 is 9.90 Å². The number of aliphatic hydroxyl groups excluding tert-OH is 1. The van der Waals surface area contributed by atoms with Crippen LogP contribution >= 0.6 is 0 Å². The summed E-state index contributed by atoms with van der Waals surface area (Å²) in [5.74, 6) is 0. The first-order chi connectivity index (χ1) is 5.03. The first kappa shape index (κ1) is 8.68. The smallest absolute Gasteiger partial charge is 0.126 e. The van der Waals surface area contributed by atoms with Gasteiger partial charge in [-0.15, -0.1) is 0 Å². The van der Waals surface area contributed by atoms with Gasteiger partial charge in [-0.25, -0.2) is 0 Å². The Kier molecular flexibility index (Phi) is 2.30. The quantitative estimate of drug-likeness (QED) is 0.581. The summed E-state index contributed by atoms with van der Waals surface area (Å²) in [6.07, 6.45) is 0.801. The molecule has 0 bridgehead atoms. The van der Waals surface area contributed by atoms with Crippen LogP contribution in [0.1, 0.15) is 13.8 Å². The molecular formula is C8H15NO2. The third-order valence-electron chi connectivity index (χ3n) is 1.89. The normalized spacial score (nSPS) is 21.4. The first-order valence-corrected chi connectivity index (χ1v) is 3.90. The van der Waals surface area contributed by atoms with Gasteiger partial charge in [0.25, 0.3) is 0 Å². The monoisotopic (exact) mass is 157 g/mol. The minimum atomic E-state index is -0.264. The summed E-state index contributed by atoms with van der Waals surface area (Å²) in [5.41, 5.74) is -0.264. The molecule has 1 heterocycles. The van der Waals surface area contributed by atoms with Crippen molar-refractivity contribution in [3.63, 3.8) is 0 Å². The van der Waals surface area contributed by atoms with Gasteiger partial charge in [0.2, 0.25) is 0 Å². The average molecular weight is 157 g/mol. The predicted octanol–water partition coefficient (Wildman–Crippen LogP) is -0.112. The van der Waals surface area contributed by atoms with Crippen molar-refractivity contribution in [2.24, 2.45) is 5.41 Å². The number of hydrogen-bond acceptors (Lipinski definition) is 3. The van der Waals surface area contributed by atoms with Gasteiger partial charge in [0.05, 0.1) is 6.10 Å². The maximum atomic E-state index is 10.5. The lowest BCUT2D eigenvalue weighted by molar-refractivity contribution is -0.117. The minimum Gasteiger partial charge on any atom is -0.390 e. The molecule has 0 radical (unpaired) electrons.